The molecule has 0 spiro atoms. The van der Waals surface area contributed by atoms with E-state index in [-0.39, 0.29) is 6.04 Å². The van der Waals surface area contributed by atoms with Gasteiger partial charge in [-0.3, -0.25) is 4.79 Å². The number of esters is 1. The molecule has 0 amide bonds. The van der Waals surface area contributed by atoms with Crippen molar-refractivity contribution in [3.63, 3.8) is 0 Å². The van der Waals surface area contributed by atoms with Crippen LogP contribution in [0.4, 0.5) is 5.69 Å². The number of para-hydroxylation sites is 2. The number of unbranched alkanes of at least 4 members (excludes halogenated alkanes) is 2. The lowest BCUT2D eigenvalue weighted by molar-refractivity contribution is -0.144. The zero-order chi connectivity index (χ0) is 20.9. The summed E-state index contributed by atoms with van der Waals surface area (Å²) in [5.41, 5.74) is 0.532. The number of hydrogen-bond donors (Lipinski definition) is 0. The summed E-state index contributed by atoms with van der Waals surface area (Å²) in [7, 11) is 6.67. The maximum Gasteiger partial charge on any atom is 0.324 e. The number of hydrogen-bond acceptors (Lipinski definition) is 4. The molecule has 0 unspecified atom stereocenters. The summed E-state index contributed by atoms with van der Waals surface area (Å²) in [6, 6.07) is 15.3. The Kier molecular flexibility index (Phi) is 7.28. The van der Waals surface area contributed by atoms with Crippen molar-refractivity contribution in [1.29, 1.82) is 0 Å². The molecule has 3 rings (SSSR count). The van der Waals surface area contributed by atoms with E-state index in [9.17, 15) is 4.79 Å². The molecular formula is C23H27BBrNO3. The summed E-state index contributed by atoms with van der Waals surface area (Å²) in [5, 5.41) is 0. The second-order valence-corrected chi connectivity index (χ2v) is 8.22. The second-order valence-electron chi connectivity index (χ2n) is 7.31. The van der Waals surface area contributed by atoms with Gasteiger partial charge in [0.1, 0.15) is 19.0 Å². The molecule has 2 aromatic carbocycles. The van der Waals surface area contributed by atoms with Gasteiger partial charge >= 0.3 is 5.97 Å². The van der Waals surface area contributed by atoms with Crippen molar-refractivity contribution in [2.45, 2.75) is 51.0 Å². The maximum atomic E-state index is 13.0. The van der Waals surface area contributed by atoms with Crippen molar-refractivity contribution < 1.29 is 14.3 Å². The van der Waals surface area contributed by atoms with Gasteiger partial charge < -0.3 is 14.4 Å². The third-order valence-electron chi connectivity index (χ3n) is 5.13. The van der Waals surface area contributed by atoms with E-state index in [1.807, 2.05) is 53.4 Å². The summed E-state index contributed by atoms with van der Waals surface area (Å²) in [6.45, 7) is 5.19. The van der Waals surface area contributed by atoms with Gasteiger partial charge in [-0.25, -0.2) is 0 Å². The van der Waals surface area contributed by atoms with Crippen LogP contribution in [0.5, 0.6) is 5.75 Å². The highest BCUT2D eigenvalue weighted by molar-refractivity contribution is 9.10. The summed E-state index contributed by atoms with van der Waals surface area (Å²) in [4.78, 5) is 14.9. The molecular weight excluding hydrogens is 429 g/mol. The van der Waals surface area contributed by atoms with Gasteiger partial charge in [-0.05, 0) is 42.7 Å². The summed E-state index contributed by atoms with van der Waals surface area (Å²) in [6.07, 6.45) is 3.80. The zero-order valence-electron chi connectivity index (χ0n) is 17.1. The highest BCUT2D eigenvalue weighted by Crippen LogP contribution is 2.57. The summed E-state index contributed by atoms with van der Waals surface area (Å²) < 4.78 is 12.5. The fraction of sp³-hybridized carbons (Fsp3) is 0.435. The molecule has 1 saturated heterocycles. The maximum absolute atomic E-state index is 13.0. The van der Waals surface area contributed by atoms with Crippen molar-refractivity contribution in [3.05, 3.63) is 58.6 Å². The average molecular weight is 456 g/mol. The minimum atomic E-state index is -1.24. The van der Waals surface area contributed by atoms with Gasteiger partial charge in [0.15, 0.2) is 0 Å². The number of carbonyl (C=O) groups excluding carboxylic acids is 1. The molecule has 6 heteroatoms. The van der Waals surface area contributed by atoms with Gasteiger partial charge in [0.2, 0.25) is 0 Å². The smallest absolute Gasteiger partial charge is 0.324 e. The van der Waals surface area contributed by atoms with Crippen LogP contribution in [0.3, 0.4) is 0 Å². The number of benzene rings is 2. The van der Waals surface area contributed by atoms with Gasteiger partial charge in [0.05, 0.1) is 24.9 Å². The number of nitrogens with zero attached hydrogens (tertiary/aromatic N) is 1. The Morgan fingerprint density at radius 1 is 1.07 bits per heavy atom. The molecule has 152 valence electrons. The van der Waals surface area contributed by atoms with Crippen molar-refractivity contribution in [2.75, 3.05) is 18.1 Å². The first kappa shape index (κ1) is 21.8. The summed E-state index contributed by atoms with van der Waals surface area (Å²) >= 11 is 3.46. The van der Waals surface area contributed by atoms with Crippen molar-refractivity contribution in [3.8, 4) is 5.75 Å². The first-order valence-corrected chi connectivity index (χ1v) is 11.1. The third-order valence-corrected chi connectivity index (χ3v) is 5.66. The third kappa shape index (κ3) is 4.63. The Morgan fingerprint density at radius 2 is 1.72 bits per heavy atom. The monoisotopic (exact) mass is 455 g/mol. The molecule has 2 atom stereocenters. The predicted octanol–water partition coefficient (Wildman–Crippen LogP) is 5.40. The molecule has 2 radical (unpaired) electrons. The van der Waals surface area contributed by atoms with Crippen LogP contribution in [0, 0.1) is 0 Å². The van der Waals surface area contributed by atoms with E-state index < -0.39 is 11.4 Å². The molecule has 0 saturated carbocycles. The molecule has 29 heavy (non-hydrogen) atoms. The largest absolute Gasteiger partial charge is 0.491 e. The minimum absolute atomic E-state index is 0.305. The van der Waals surface area contributed by atoms with Gasteiger partial charge in [0, 0.05) is 4.47 Å². The van der Waals surface area contributed by atoms with E-state index in [0.29, 0.717) is 13.2 Å². The van der Waals surface area contributed by atoms with E-state index in [2.05, 4.69) is 29.8 Å². The molecule has 0 bridgehead atoms. The Balaban J connectivity index is 1.92. The number of ether oxygens (including phenoxy) is 2. The van der Waals surface area contributed by atoms with Crippen molar-refractivity contribution in [1.82, 2.24) is 0 Å². The van der Waals surface area contributed by atoms with E-state index in [1.165, 1.54) is 0 Å². The van der Waals surface area contributed by atoms with E-state index in [1.54, 1.807) is 0 Å². The van der Waals surface area contributed by atoms with Crippen LogP contribution in [0.2, 0.25) is 0 Å². The Bertz CT molecular complexity index is 829. The molecule has 4 nitrogen and oxygen atoms in total. The average Bonchev–Trinajstić information content (AvgIpc) is 3.36. The zero-order valence-corrected chi connectivity index (χ0v) is 18.7. The van der Waals surface area contributed by atoms with E-state index >= 15 is 0 Å². The fourth-order valence-corrected chi connectivity index (χ4v) is 3.70. The van der Waals surface area contributed by atoms with Crippen LogP contribution in [-0.2, 0) is 9.53 Å². The predicted molar refractivity (Wildman–Crippen MR) is 121 cm³/mol. The lowest BCUT2D eigenvalue weighted by Crippen LogP contribution is -2.33. The molecule has 2 aromatic rings. The number of halogens is 1. The lowest BCUT2D eigenvalue weighted by Gasteiger charge is -2.17. The van der Waals surface area contributed by atoms with Gasteiger partial charge in [-0.2, -0.15) is 0 Å². The van der Waals surface area contributed by atoms with Crippen LogP contribution in [-0.4, -0.2) is 32.5 Å². The number of rotatable bonds is 10. The minimum Gasteiger partial charge on any atom is -0.491 e. The Morgan fingerprint density at radius 3 is 2.41 bits per heavy atom. The molecule has 0 N–H and O–H groups in total. The van der Waals surface area contributed by atoms with Crippen LogP contribution in [0.25, 0.3) is 0 Å². The van der Waals surface area contributed by atoms with Gasteiger partial charge in [-0.15, -0.1) is 0 Å². The Hall–Kier alpha value is -1.95. The first-order valence-electron chi connectivity index (χ1n) is 10.3. The van der Waals surface area contributed by atoms with Crippen molar-refractivity contribution >= 4 is 35.4 Å². The number of anilines is 1. The van der Waals surface area contributed by atoms with Crippen LogP contribution < -0.4 is 9.64 Å². The first-order chi connectivity index (χ1) is 14.0. The lowest BCUT2D eigenvalue weighted by atomic mass is 9.81. The SMILES string of the molecule is [B][C@]1(C(=O)OCCCC)[C@@H](c2ccc(Br)cc2)N1c1ccccc1OCCCC. The normalized spacial score (nSPS) is 20.4. The highest BCUT2D eigenvalue weighted by Gasteiger charge is 2.66. The van der Waals surface area contributed by atoms with E-state index in [0.717, 1.165) is 47.2 Å². The second kappa shape index (κ2) is 9.70. The van der Waals surface area contributed by atoms with Crippen LogP contribution >= 0.6 is 15.9 Å². The Labute approximate surface area is 183 Å². The molecule has 0 aromatic heterocycles. The summed E-state index contributed by atoms with van der Waals surface area (Å²) in [5.74, 6) is 0.332. The quantitative estimate of drug-likeness (QED) is 0.208. The van der Waals surface area contributed by atoms with Gasteiger partial charge in [-0.1, -0.05) is 66.9 Å². The topological polar surface area (TPSA) is 38.5 Å². The molecule has 1 aliphatic rings. The van der Waals surface area contributed by atoms with Crippen molar-refractivity contribution in [2.24, 2.45) is 0 Å². The van der Waals surface area contributed by atoms with E-state index in [4.69, 9.17) is 17.3 Å². The molecule has 1 aliphatic heterocycles. The van der Waals surface area contributed by atoms with Crippen LogP contribution in [0.1, 0.15) is 51.1 Å². The molecule has 0 aliphatic carbocycles. The molecule has 1 fully saturated rings. The number of carbonyl (C=O) groups is 1. The van der Waals surface area contributed by atoms with Crippen LogP contribution in [0.15, 0.2) is 53.0 Å². The van der Waals surface area contributed by atoms with Gasteiger partial charge in [0.25, 0.3) is 0 Å². The standard InChI is InChI=1S/C23H27BBrNO3/c1-3-5-15-28-20-10-8-7-9-19(20)26-21(17-11-13-18(25)14-12-17)23(26,24)22(27)29-16-6-4-2/h7-14,21H,3-6,15-16H2,1-2H3/t21-,23-,26?/m1/s1. The highest BCUT2D eigenvalue weighted by atomic mass is 79.9. The fourth-order valence-electron chi connectivity index (χ4n) is 3.43. The molecule has 1 heterocycles.